The number of ether oxygens (including phenoxy) is 1. The number of rotatable bonds is 5. The summed E-state index contributed by atoms with van der Waals surface area (Å²) in [4.78, 5) is 17.0. The van der Waals surface area contributed by atoms with Gasteiger partial charge >= 0.3 is 0 Å². The molecule has 3 aromatic rings. The van der Waals surface area contributed by atoms with E-state index in [0.29, 0.717) is 12.0 Å². The van der Waals surface area contributed by atoms with Crippen LogP contribution in [0, 0.1) is 12.8 Å². The first-order valence-electron chi connectivity index (χ1n) is 8.81. The Morgan fingerprint density at radius 2 is 2.12 bits per heavy atom. The first-order valence-corrected chi connectivity index (χ1v) is 8.81. The second-order valence-corrected chi connectivity index (χ2v) is 7.11. The standard InChI is InChI=1S/C20H23N3O2/c1-12-19-17(7-8-22-12)16-6-5-15(10-18(16)23(2)20(19)24)25-11-14(21)9-13-3-4-13/h5-8,10,13-14H,3-4,9,11,21H2,1-2H3. The fourth-order valence-electron chi connectivity index (χ4n) is 3.50. The van der Waals surface area contributed by atoms with Gasteiger partial charge in [0.1, 0.15) is 12.4 Å². The molecule has 0 saturated heterocycles. The maximum absolute atomic E-state index is 12.7. The van der Waals surface area contributed by atoms with Gasteiger partial charge in [0.15, 0.2) is 0 Å². The van der Waals surface area contributed by atoms with E-state index >= 15 is 0 Å². The summed E-state index contributed by atoms with van der Waals surface area (Å²) in [6.07, 6.45) is 5.38. The number of aryl methyl sites for hydroxylation is 2. The molecule has 2 heterocycles. The second-order valence-electron chi connectivity index (χ2n) is 7.11. The van der Waals surface area contributed by atoms with Crippen LogP contribution in [0.15, 0.2) is 35.3 Å². The molecule has 1 unspecified atom stereocenters. The fourth-order valence-corrected chi connectivity index (χ4v) is 3.50. The molecule has 1 aromatic carbocycles. The molecule has 5 heteroatoms. The average molecular weight is 337 g/mol. The summed E-state index contributed by atoms with van der Waals surface area (Å²) in [5.74, 6) is 1.54. The van der Waals surface area contributed by atoms with Gasteiger partial charge in [-0.3, -0.25) is 9.78 Å². The van der Waals surface area contributed by atoms with Crippen LogP contribution in [0.25, 0.3) is 21.7 Å². The van der Waals surface area contributed by atoms with Crippen molar-refractivity contribution in [2.75, 3.05) is 6.61 Å². The molecule has 1 atom stereocenters. The van der Waals surface area contributed by atoms with Gasteiger partial charge in [0.05, 0.1) is 16.6 Å². The minimum Gasteiger partial charge on any atom is -0.492 e. The topological polar surface area (TPSA) is 70.1 Å². The van der Waals surface area contributed by atoms with Crippen molar-refractivity contribution >= 4 is 21.7 Å². The summed E-state index contributed by atoms with van der Waals surface area (Å²) >= 11 is 0. The number of hydrogen-bond donors (Lipinski definition) is 1. The van der Waals surface area contributed by atoms with E-state index in [1.54, 1.807) is 17.8 Å². The average Bonchev–Trinajstić information content (AvgIpc) is 3.41. The molecule has 1 fully saturated rings. The summed E-state index contributed by atoms with van der Waals surface area (Å²) < 4.78 is 7.55. The van der Waals surface area contributed by atoms with Gasteiger partial charge in [0.2, 0.25) is 0 Å². The highest BCUT2D eigenvalue weighted by molar-refractivity contribution is 6.06. The van der Waals surface area contributed by atoms with Crippen LogP contribution < -0.4 is 16.0 Å². The molecule has 0 aliphatic heterocycles. The number of benzene rings is 1. The van der Waals surface area contributed by atoms with Crippen molar-refractivity contribution in [1.29, 1.82) is 0 Å². The minimum absolute atomic E-state index is 0.0318. The van der Waals surface area contributed by atoms with Crippen molar-refractivity contribution in [2.24, 2.45) is 18.7 Å². The number of fused-ring (bicyclic) bond motifs is 3. The van der Waals surface area contributed by atoms with Crippen molar-refractivity contribution in [3.05, 3.63) is 46.5 Å². The van der Waals surface area contributed by atoms with E-state index in [0.717, 1.165) is 40.1 Å². The predicted molar refractivity (Wildman–Crippen MR) is 100 cm³/mol. The lowest BCUT2D eigenvalue weighted by atomic mass is 10.1. The van der Waals surface area contributed by atoms with E-state index in [9.17, 15) is 4.79 Å². The zero-order valence-electron chi connectivity index (χ0n) is 14.7. The van der Waals surface area contributed by atoms with Crippen LogP contribution in [-0.4, -0.2) is 22.2 Å². The van der Waals surface area contributed by atoms with Crippen molar-refractivity contribution in [3.8, 4) is 5.75 Å². The molecule has 4 rings (SSSR count). The van der Waals surface area contributed by atoms with Crippen LogP contribution in [-0.2, 0) is 7.05 Å². The number of nitrogens with two attached hydrogens (primary N) is 1. The number of pyridine rings is 2. The summed E-state index contributed by atoms with van der Waals surface area (Å²) in [6, 6.07) is 7.86. The highest BCUT2D eigenvalue weighted by atomic mass is 16.5. The monoisotopic (exact) mass is 337 g/mol. The summed E-state index contributed by atoms with van der Waals surface area (Å²) in [7, 11) is 1.79. The quantitative estimate of drug-likeness (QED) is 0.727. The largest absolute Gasteiger partial charge is 0.492 e. The molecule has 1 aliphatic rings. The minimum atomic E-state index is -0.0318. The third kappa shape index (κ3) is 3.00. The van der Waals surface area contributed by atoms with Crippen molar-refractivity contribution < 1.29 is 4.74 Å². The first-order chi connectivity index (χ1) is 12.0. The van der Waals surface area contributed by atoms with Gasteiger partial charge in [-0.1, -0.05) is 12.8 Å². The molecular weight excluding hydrogens is 314 g/mol. The molecule has 1 aliphatic carbocycles. The number of nitrogens with zero attached hydrogens (tertiary/aromatic N) is 2. The molecule has 25 heavy (non-hydrogen) atoms. The lowest BCUT2D eigenvalue weighted by Crippen LogP contribution is -2.28. The van der Waals surface area contributed by atoms with Gasteiger partial charge in [-0.05, 0) is 42.8 Å². The Kier molecular flexibility index (Phi) is 3.96. The van der Waals surface area contributed by atoms with Crippen LogP contribution in [0.5, 0.6) is 5.75 Å². The lowest BCUT2D eigenvalue weighted by molar-refractivity contribution is 0.278. The van der Waals surface area contributed by atoms with Gasteiger partial charge in [0.25, 0.3) is 5.56 Å². The second kappa shape index (κ2) is 6.15. The third-order valence-electron chi connectivity index (χ3n) is 5.08. The maximum atomic E-state index is 12.7. The van der Waals surface area contributed by atoms with E-state index in [4.69, 9.17) is 10.5 Å². The maximum Gasteiger partial charge on any atom is 0.260 e. The van der Waals surface area contributed by atoms with E-state index in [1.165, 1.54) is 12.8 Å². The number of hydrogen-bond acceptors (Lipinski definition) is 4. The summed E-state index contributed by atoms with van der Waals surface area (Å²) in [5.41, 5.74) is 7.71. The number of aromatic nitrogens is 2. The van der Waals surface area contributed by atoms with Crippen LogP contribution in [0.2, 0.25) is 0 Å². The van der Waals surface area contributed by atoms with Gasteiger partial charge in [-0.15, -0.1) is 0 Å². The normalized spacial score (nSPS) is 15.6. The van der Waals surface area contributed by atoms with Crippen LogP contribution in [0.4, 0.5) is 0 Å². The van der Waals surface area contributed by atoms with Gasteiger partial charge in [-0.25, -0.2) is 0 Å². The van der Waals surface area contributed by atoms with Crippen LogP contribution in [0.3, 0.4) is 0 Å². The molecule has 0 spiro atoms. The van der Waals surface area contributed by atoms with Crippen molar-refractivity contribution in [3.63, 3.8) is 0 Å². The zero-order valence-corrected chi connectivity index (χ0v) is 14.7. The predicted octanol–water partition coefficient (Wildman–Crippen LogP) is 2.90. The summed E-state index contributed by atoms with van der Waals surface area (Å²) in [5, 5.41) is 2.64. The van der Waals surface area contributed by atoms with Crippen LogP contribution in [0.1, 0.15) is 25.0 Å². The van der Waals surface area contributed by atoms with Crippen molar-refractivity contribution in [2.45, 2.75) is 32.2 Å². The Morgan fingerprint density at radius 1 is 1.32 bits per heavy atom. The van der Waals surface area contributed by atoms with E-state index in [2.05, 4.69) is 4.98 Å². The third-order valence-corrected chi connectivity index (χ3v) is 5.08. The molecule has 2 aromatic heterocycles. The molecule has 0 radical (unpaired) electrons. The Bertz CT molecular complexity index is 1010. The zero-order chi connectivity index (χ0) is 17.6. The van der Waals surface area contributed by atoms with Gasteiger partial charge in [0, 0.05) is 30.7 Å². The van der Waals surface area contributed by atoms with E-state index in [1.807, 2.05) is 31.2 Å². The SMILES string of the molecule is Cc1nccc2c1c(=O)n(C)c1cc(OCC(N)CC3CC3)ccc21. The molecule has 5 nitrogen and oxygen atoms in total. The Morgan fingerprint density at radius 3 is 2.88 bits per heavy atom. The van der Waals surface area contributed by atoms with E-state index in [-0.39, 0.29) is 11.6 Å². The first kappa shape index (κ1) is 16.1. The van der Waals surface area contributed by atoms with Crippen LogP contribution >= 0.6 is 0 Å². The van der Waals surface area contributed by atoms with Gasteiger partial charge < -0.3 is 15.0 Å². The fraction of sp³-hybridized carbons (Fsp3) is 0.400. The molecular formula is C20H23N3O2. The molecule has 0 bridgehead atoms. The highest BCUT2D eigenvalue weighted by Gasteiger charge is 2.24. The van der Waals surface area contributed by atoms with Gasteiger partial charge in [-0.2, -0.15) is 0 Å². The Balaban J connectivity index is 1.71. The van der Waals surface area contributed by atoms with E-state index < -0.39 is 0 Å². The molecule has 130 valence electrons. The highest BCUT2D eigenvalue weighted by Crippen LogP contribution is 2.33. The molecule has 1 saturated carbocycles. The molecule has 2 N–H and O–H groups in total. The Labute approximate surface area is 146 Å². The summed E-state index contributed by atoms with van der Waals surface area (Å²) in [6.45, 7) is 2.38. The smallest absolute Gasteiger partial charge is 0.260 e. The Hall–Kier alpha value is -2.40. The molecule has 0 amide bonds. The van der Waals surface area contributed by atoms with Crippen molar-refractivity contribution in [1.82, 2.24) is 9.55 Å². The lowest BCUT2D eigenvalue weighted by Gasteiger charge is -2.15.